The lowest BCUT2D eigenvalue weighted by Crippen LogP contribution is -2.15. The summed E-state index contributed by atoms with van der Waals surface area (Å²) in [7, 11) is 0. The van der Waals surface area contributed by atoms with Crippen molar-refractivity contribution in [3.63, 3.8) is 0 Å². The predicted molar refractivity (Wildman–Crippen MR) is 80.9 cm³/mol. The highest BCUT2D eigenvalue weighted by molar-refractivity contribution is 6.37. The lowest BCUT2D eigenvalue weighted by atomic mass is 10.2. The first kappa shape index (κ1) is 13.7. The molecule has 2 N–H and O–H groups in total. The maximum absolute atomic E-state index is 12.2. The minimum Gasteiger partial charge on any atom is -0.478 e. The zero-order chi connectivity index (χ0) is 15.1. The van der Waals surface area contributed by atoms with Crippen LogP contribution in [0.5, 0.6) is 0 Å². The smallest absolute Gasteiger partial charge is 0.335 e. The molecule has 0 spiro atoms. The van der Waals surface area contributed by atoms with Crippen molar-refractivity contribution in [2.75, 3.05) is 0 Å². The Morgan fingerprint density at radius 2 is 1.81 bits per heavy atom. The molecule has 0 amide bonds. The molecule has 0 radical (unpaired) electrons. The Morgan fingerprint density at radius 3 is 2.43 bits per heavy atom. The van der Waals surface area contributed by atoms with Crippen LogP contribution in [0.15, 0.2) is 41.2 Å². The van der Waals surface area contributed by atoms with Crippen LogP contribution in [0, 0.1) is 0 Å². The highest BCUT2D eigenvalue weighted by Crippen LogP contribution is 2.29. The number of imidazole rings is 1. The molecule has 0 saturated heterocycles. The fourth-order valence-electron chi connectivity index (χ4n) is 2.16. The third-order valence-electron chi connectivity index (χ3n) is 3.09. The Kier molecular flexibility index (Phi) is 3.23. The van der Waals surface area contributed by atoms with Crippen molar-refractivity contribution >= 4 is 40.2 Å². The standard InChI is InChI=1S/C14H8Cl2N2O3/c15-8-2-1-3-9(16)12(8)18-11-6-7(13(19)20)4-5-10(11)17-14(18)21/h1-6H,(H,17,21)(H,19,20). The van der Waals surface area contributed by atoms with Crippen LogP contribution in [0.25, 0.3) is 16.7 Å². The van der Waals surface area contributed by atoms with Gasteiger partial charge in [-0.3, -0.25) is 4.57 Å². The average molecular weight is 323 g/mol. The number of hydrogen-bond acceptors (Lipinski definition) is 2. The van der Waals surface area contributed by atoms with Crippen molar-refractivity contribution in [2.24, 2.45) is 0 Å². The van der Waals surface area contributed by atoms with Gasteiger partial charge in [0, 0.05) is 0 Å². The quantitative estimate of drug-likeness (QED) is 0.759. The second kappa shape index (κ2) is 4.95. The van der Waals surface area contributed by atoms with E-state index in [0.29, 0.717) is 26.8 Å². The summed E-state index contributed by atoms with van der Waals surface area (Å²) in [4.78, 5) is 25.9. The van der Waals surface area contributed by atoms with Gasteiger partial charge in [-0.05, 0) is 30.3 Å². The number of rotatable bonds is 2. The third kappa shape index (κ3) is 2.20. The minimum atomic E-state index is -1.08. The average Bonchev–Trinajstić information content (AvgIpc) is 2.74. The highest BCUT2D eigenvalue weighted by atomic mass is 35.5. The molecule has 0 fully saturated rings. The Bertz CT molecular complexity index is 907. The first-order valence-electron chi connectivity index (χ1n) is 5.91. The number of nitrogens with zero attached hydrogens (tertiary/aromatic N) is 1. The highest BCUT2D eigenvalue weighted by Gasteiger charge is 2.16. The summed E-state index contributed by atoms with van der Waals surface area (Å²) < 4.78 is 1.27. The summed E-state index contributed by atoms with van der Waals surface area (Å²) in [5.74, 6) is -1.08. The van der Waals surface area contributed by atoms with Crippen LogP contribution in [0.3, 0.4) is 0 Å². The number of nitrogens with one attached hydrogen (secondary N) is 1. The third-order valence-corrected chi connectivity index (χ3v) is 3.70. The van der Waals surface area contributed by atoms with E-state index >= 15 is 0 Å². The number of benzene rings is 2. The zero-order valence-electron chi connectivity index (χ0n) is 10.4. The molecule has 0 bridgehead atoms. The predicted octanol–water partition coefficient (Wildman–Crippen LogP) is 3.32. The molecule has 0 unspecified atom stereocenters. The number of aromatic amines is 1. The normalized spacial score (nSPS) is 11.0. The molecule has 0 atom stereocenters. The van der Waals surface area contributed by atoms with E-state index in [1.165, 1.54) is 22.8 Å². The summed E-state index contributed by atoms with van der Waals surface area (Å²) in [6.07, 6.45) is 0. The van der Waals surface area contributed by atoms with E-state index in [1.807, 2.05) is 0 Å². The number of hydrogen-bond donors (Lipinski definition) is 2. The molecule has 106 valence electrons. The topological polar surface area (TPSA) is 75.1 Å². The van der Waals surface area contributed by atoms with Gasteiger partial charge < -0.3 is 10.1 Å². The van der Waals surface area contributed by atoms with Crippen molar-refractivity contribution < 1.29 is 9.90 Å². The van der Waals surface area contributed by atoms with Crippen LogP contribution in [0.4, 0.5) is 0 Å². The van der Waals surface area contributed by atoms with Crippen LogP contribution < -0.4 is 5.69 Å². The van der Waals surface area contributed by atoms with Crippen molar-refractivity contribution in [3.05, 3.63) is 62.5 Å². The molecule has 1 heterocycles. The molecule has 3 rings (SSSR count). The van der Waals surface area contributed by atoms with Gasteiger partial charge in [0.05, 0.1) is 32.3 Å². The van der Waals surface area contributed by atoms with E-state index in [2.05, 4.69) is 4.98 Å². The van der Waals surface area contributed by atoms with E-state index in [1.54, 1.807) is 18.2 Å². The lowest BCUT2D eigenvalue weighted by molar-refractivity contribution is 0.0697. The Hall–Kier alpha value is -2.24. The van der Waals surface area contributed by atoms with Gasteiger partial charge in [-0.25, -0.2) is 9.59 Å². The lowest BCUT2D eigenvalue weighted by Gasteiger charge is -2.08. The molecule has 21 heavy (non-hydrogen) atoms. The fraction of sp³-hybridized carbons (Fsp3) is 0. The number of para-hydroxylation sites is 1. The number of H-pyrrole nitrogens is 1. The molecule has 0 aliphatic carbocycles. The number of carboxylic acids is 1. The van der Waals surface area contributed by atoms with Crippen molar-refractivity contribution in [1.29, 1.82) is 0 Å². The first-order chi connectivity index (χ1) is 9.99. The molecular formula is C14H8Cl2N2O3. The van der Waals surface area contributed by atoms with E-state index in [4.69, 9.17) is 28.3 Å². The van der Waals surface area contributed by atoms with Gasteiger partial charge in [-0.15, -0.1) is 0 Å². The van der Waals surface area contributed by atoms with E-state index < -0.39 is 11.7 Å². The summed E-state index contributed by atoms with van der Waals surface area (Å²) in [5, 5.41) is 9.67. The minimum absolute atomic E-state index is 0.0680. The van der Waals surface area contributed by atoms with Gasteiger partial charge in [0.25, 0.3) is 0 Å². The second-order valence-electron chi connectivity index (χ2n) is 4.37. The SMILES string of the molecule is O=C(O)c1ccc2[nH]c(=O)n(-c3c(Cl)cccc3Cl)c2c1. The molecule has 1 aromatic heterocycles. The van der Waals surface area contributed by atoms with E-state index in [9.17, 15) is 9.59 Å². The molecule has 2 aromatic carbocycles. The van der Waals surface area contributed by atoms with E-state index in [-0.39, 0.29) is 5.56 Å². The number of aromatic nitrogens is 2. The number of halogens is 2. The van der Waals surface area contributed by atoms with E-state index in [0.717, 1.165) is 0 Å². The molecule has 3 aromatic rings. The van der Waals surface area contributed by atoms with Crippen LogP contribution in [-0.2, 0) is 0 Å². The van der Waals surface area contributed by atoms with Crippen LogP contribution >= 0.6 is 23.2 Å². The molecule has 0 aliphatic heterocycles. The van der Waals surface area contributed by atoms with Gasteiger partial charge in [0.1, 0.15) is 0 Å². The summed E-state index contributed by atoms with van der Waals surface area (Å²) >= 11 is 12.2. The molecule has 0 saturated carbocycles. The molecule has 5 nitrogen and oxygen atoms in total. The van der Waals surface area contributed by atoms with Gasteiger partial charge >= 0.3 is 11.7 Å². The Morgan fingerprint density at radius 1 is 1.14 bits per heavy atom. The largest absolute Gasteiger partial charge is 0.478 e. The van der Waals surface area contributed by atoms with Crippen LogP contribution in [0.2, 0.25) is 10.0 Å². The second-order valence-corrected chi connectivity index (χ2v) is 5.19. The maximum Gasteiger partial charge on any atom is 0.335 e. The van der Waals surface area contributed by atoms with Crippen LogP contribution in [-0.4, -0.2) is 20.6 Å². The van der Waals surface area contributed by atoms with Crippen molar-refractivity contribution in [1.82, 2.24) is 9.55 Å². The number of aromatic carboxylic acids is 1. The number of fused-ring (bicyclic) bond motifs is 1. The van der Waals surface area contributed by atoms with Gasteiger partial charge in [-0.2, -0.15) is 0 Å². The maximum atomic E-state index is 12.2. The van der Waals surface area contributed by atoms with Crippen molar-refractivity contribution in [3.8, 4) is 5.69 Å². The monoisotopic (exact) mass is 322 g/mol. The number of carboxylic acid groups (broad SMARTS) is 1. The Balaban J connectivity index is 2.42. The zero-order valence-corrected chi connectivity index (χ0v) is 11.9. The van der Waals surface area contributed by atoms with Crippen LogP contribution in [0.1, 0.15) is 10.4 Å². The summed E-state index contributed by atoms with van der Waals surface area (Å²) in [5.41, 5.74) is 0.844. The molecular weight excluding hydrogens is 315 g/mol. The number of carbonyl (C=O) groups is 1. The summed E-state index contributed by atoms with van der Waals surface area (Å²) in [6.45, 7) is 0. The van der Waals surface area contributed by atoms with Gasteiger partial charge in [-0.1, -0.05) is 29.3 Å². The Labute approximate surface area is 128 Å². The fourth-order valence-corrected chi connectivity index (χ4v) is 2.73. The summed E-state index contributed by atoms with van der Waals surface area (Å²) in [6, 6.07) is 9.22. The molecule has 0 aliphatic rings. The van der Waals surface area contributed by atoms with Crippen molar-refractivity contribution in [2.45, 2.75) is 0 Å². The first-order valence-corrected chi connectivity index (χ1v) is 6.67. The molecule has 7 heteroatoms. The van der Waals surface area contributed by atoms with Gasteiger partial charge in [0.15, 0.2) is 0 Å². The van der Waals surface area contributed by atoms with Gasteiger partial charge in [0.2, 0.25) is 0 Å².